The second kappa shape index (κ2) is 8.08. The zero-order valence-electron chi connectivity index (χ0n) is 15.5. The number of H-pyrrole nitrogens is 1. The van der Waals surface area contributed by atoms with Gasteiger partial charge in [0, 0.05) is 18.2 Å². The number of tetrazole rings is 1. The van der Waals surface area contributed by atoms with E-state index in [1.807, 2.05) is 0 Å². The molecule has 0 unspecified atom stereocenters. The highest BCUT2D eigenvalue weighted by molar-refractivity contribution is 6.28. The number of aryl methyl sites for hydroxylation is 1. The Morgan fingerprint density at radius 3 is 2.66 bits per heavy atom. The van der Waals surface area contributed by atoms with Gasteiger partial charge in [-0.25, -0.2) is 14.1 Å². The van der Waals surface area contributed by atoms with Gasteiger partial charge in [-0.3, -0.25) is 4.57 Å². The van der Waals surface area contributed by atoms with Gasteiger partial charge in [0.25, 0.3) is 0 Å². The molecule has 1 N–H and O–H groups in total. The number of rotatable bonds is 7. The second-order valence-corrected chi connectivity index (χ2v) is 6.80. The highest BCUT2D eigenvalue weighted by atomic mass is 35.5. The topological polar surface area (TPSA) is 90.1 Å². The summed E-state index contributed by atoms with van der Waals surface area (Å²) in [7, 11) is 0. The molecule has 3 heterocycles. The first-order valence-electron chi connectivity index (χ1n) is 9.06. The Morgan fingerprint density at radius 2 is 1.97 bits per heavy atom. The number of aromatic nitrogens is 8. The summed E-state index contributed by atoms with van der Waals surface area (Å²) in [5.74, 6) is -0.871. The van der Waals surface area contributed by atoms with Gasteiger partial charge in [0.15, 0.2) is 11.6 Å². The molecule has 0 radical (unpaired) electrons. The lowest BCUT2D eigenvalue weighted by Gasteiger charge is -2.09. The molecular weight excluding hydrogens is 402 g/mol. The zero-order chi connectivity index (χ0) is 20.4. The molecule has 3 aromatic heterocycles. The first kappa shape index (κ1) is 19.2. The molecule has 11 heteroatoms. The van der Waals surface area contributed by atoms with E-state index in [1.54, 1.807) is 28.9 Å². The molecule has 150 valence electrons. The van der Waals surface area contributed by atoms with Crippen LogP contribution in [-0.4, -0.2) is 40.0 Å². The number of halogens is 3. The lowest BCUT2D eigenvalue weighted by Crippen LogP contribution is -2.04. The molecule has 0 saturated heterocycles. The fourth-order valence-electron chi connectivity index (χ4n) is 3.00. The SMILES string of the molecule is CCCCc1nc(Cl)n(Cc2ccc(-n3c(F)cc(F)c3-c3nn[nH]n3)cc2)n1. The van der Waals surface area contributed by atoms with Gasteiger partial charge in [0.05, 0.1) is 6.54 Å². The highest BCUT2D eigenvalue weighted by Crippen LogP contribution is 2.26. The second-order valence-electron chi connectivity index (χ2n) is 6.46. The van der Waals surface area contributed by atoms with Gasteiger partial charge in [-0.1, -0.05) is 25.5 Å². The van der Waals surface area contributed by atoms with E-state index >= 15 is 0 Å². The maximum Gasteiger partial charge on any atom is 0.224 e. The third kappa shape index (κ3) is 3.88. The fraction of sp³-hybridized carbons (Fsp3) is 0.278. The number of unbranched alkanes of at least 4 members (excludes halogenated alkanes) is 1. The van der Waals surface area contributed by atoms with Crippen molar-refractivity contribution in [1.82, 2.24) is 40.0 Å². The molecule has 0 aliphatic heterocycles. The third-order valence-electron chi connectivity index (χ3n) is 4.42. The van der Waals surface area contributed by atoms with Crippen LogP contribution in [0.2, 0.25) is 5.28 Å². The quantitative estimate of drug-likeness (QED) is 0.495. The van der Waals surface area contributed by atoms with E-state index in [2.05, 4.69) is 37.6 Å². The van der Waals surface area contributed by atoms with Crippen LogP contribution in [0.5, 0.6) is 0 Å². The van der Waals surface area contributed by atoms with Crippen LogP contribution in [0.1, 0.15) is 31.2 Å². The van der Waals surface area contributed by atoms with Gasteiger partial charge >= 0.3 is 0 Å². The average molecular weight is 419 g/mol. The van der Waals surface area contributed by atoms with Gasteiger partial charge in [-0.05, 0) is 40.9 Å². The summed E-state index contributed by atoms with van der Waals surface area (Å²) in [6.07, 6.45) is 2.83. The van der Waals surface area contributed by atoms with Gasteiger partial charge in [-0.15, -0.1) is 10.2 Å². The summed E-state index contributed by atoms with van der Waals surface area (Å²) in [5.41, 5.74) is 1.20. The summed E-state index contributed by atoms with van der Waals surface area (Å²) >= 11 is 6.17. The minimum atomic E-state index is -0.776. The summed E-state index contributed by atoms with van der Waals surface area (Å²) in [5, 5.41) is 17.9. The molecule has 0 aliphatic rings. The molecule has 4 aromatic rings. The Labute approximate surface area is 169 Å². The van der Waals surface area contributed by atoms with Crippen molar-refractivity contribution >= 4 is 11.6 Å². The van der Waals surface area contributed by atoms with Gasteiger partial charge < -0.3 is 0 Å². The van der Waals surface area contributed by atoms with Crippen molar-refractivity contribution in [2.45, 2.75) is 32.7 Å². The highest BCUT2D eigenvalue weighted by Gasteiger charge is 2.21. The molecule has 0 amide bonds. The standard InChI is InChI=1S/C18H17ClF2N8/c1-2-3-4-15-22-18(19)28(25-15)10-11-5-7-12(8-6-11)29-14(21)9-13(20)16(29)17-23-26-27-24-17/h5-9H,2-4,10H2,1H3,(H,23,24,26,27). The van der Waals surface area contributed by atoms with Gasteiger partial charge in [-0.2, -0.15) is 14.7 Å². The van der Waals surface area contributed by atoms with E-state index in [9.17, 15) is 8.78 Å². The Kier molecular flexibility index (Phi) is 5.34. The summed E-state index contributed by atoms with van der Waals surface area (Å²) in [6.45, 7) is 2.52. The Morgan fingerprint density at radius 1 is 1.17 bits per heavy atom. The molecule has 29 heavy (non-hydrogen) atoms. The molecule has 0 atom stereocenters. The van der Waals surface area contributed by atoms with Crippen LogP contribution in [0.15, 0.2) is 30.3 Å². The van der Waals surface area contributed by atoms with Crippen molar-refractivity contribution in [2.75, 3.05) is 0 Å². The maximum absolute atomic E-state index is 14.4. The van der Waals surface area contributed by atoms with E-state index in [0.29, 0.717) is 23.3 Å². The molecule has 4 rings (SSSR count). The summed E-state index contributed by atoms with van der Waals surface area (Å²) in [6, 6.07) is 7.70. The fourth-order valence-corrected chi connectivity index (χ4v) is 3.20. The molecule has 0 aliphatic carbocycles. The number of hydrogen-bond donors (Lipinski definition) is 1. The van der Waals surface area contributed by atoms with Crippen LogP contribution in [-0.2, 0) is 13.0 Å². The van der Waals surface area contributed by atoms with Crippen molar-refractivity contribution < 1.29 is 8.78 Å². The van der Waals surface area contributed by atoms with E-state index in [4.69, 9.17) is 11.6 Å². The van der Waals surface area contributed by atoms with E-state index in [0.717, 1.165) is 35.5 Å². The minimum absolute atomic E-state index is 0.0375. The summed E-state index contributed by atoms with van der Waals surface area (Å²) in [4.78, 5) is 4.26. The lowest BCUT2D eigenvalue weighted by molar-refractivity contribution is 0.559. The minimum Gasteiger partial charge on any atom is -0.280 e. The molecule has 0 bridgehead atoms. The van der Waals surface area contributed by atoms with Crippen LogP contribution in [0, 0.1) is 11.8 Å². The number of hydrogen-bond acceptors (Lipinski definition) is 5. The molecule has 8 nitrogen and oxygen atoms in total. The van der Waals surface area contributed by atoms with E-state index in [1.165, 1.54) is 0 Å². The summed E-state index contributed by atoms with van der Waals surface area (Å²) < 4.78 is 31.3. The van der Waals surface area contributed by atoms with E-state index in [-0.39, 0.29) is 11.5 Å². The Balaban J connectivity index is 1.59. The first-order chi connectivity index (χ1) is 14.1. The number of aromatic amines is 1. The molecule has 0 spiro atoms. The average Bonchev–Trinajstić information content (AvgIpc) is 3.41. The molecular formula is C18H17ClF2N8. The normalized spacial score (nSPS) is 11.3. The Hall–Kier alpha value is -3.14. The van der Waals surface area contributed by atoms with E-state index < -0.39 is 11.8 Å². The number of benzene rings is 1. The third-order valence-corrected chi connectivity index (χ3v) is 4.70. The van der Waals surface area contributed by atoms with Gasteiger partial charge in [0.2, 0.25) is 17.1 Å². The predicted molar refractivity (Wildman–Crippen MR) is 102 cm³/mol. The van der Waals surface area contributed by atoms with Crippen molar-refractivity contribution in [3.05, 3.63) is 58.8 Å². The van der Waals surface area contributed by atoms with Crippen molar-refractivity contribution in [3.63, 3.8) is 0 Å². The zero-order valence-corrected chi connectivity index (χ0v) is 16.2. The maximum atomic E-state index is 14.4. The van der Waals surface area contributed by atoms with Crippen molar-refractivity contribution in [3.8, 4) is 17.2 Å². The first-order valence-corrected chi connectivity index (χ1v) is 9.43. The number of nitrogens with one attached hydrogen (secondary N) is 1. The van der Waals surface area contributed by atoms with Crippen molar-refractivity contribution in [2.24, 2.45) is 0 Å². The monoisotopic (exact) mass is 418 g/mol. The molecule has 0 fully saturated rings. The largest absolute Gasteiger partial charge is 0.280 e. The molecule has 0 saturated carbocycles. The molecule has 1 aromatic carbocycles. The van der Waals surface area contributed by atoms with Crippen molar-refractivity contribution in [1.29, 1.82) is 0 Å². The lowest BCUT2D eigenvalue weighted by atomic mass is 10.2. The van der Waals surface area contributed by atoms with Gasteiger partial charge in [0.1, 0.15) is 5.69 Å². The Bertz CT molecular complexity index is 1100. The predicted octanol–water partition coefficient (Wildman–Crippen LogP) is 3.57. The van der Waals surface area contributed by atoms with Crippen LogP contribution in [0.3, 0.4) is 0 Å². The number of nitrogens with zero attached hydrogens (tertiary/aromatic N) is 7. The van der Waals surface area contributed by atoms with Crippen LogP contribution >= 0.6 is 11.6 Å². The van der Waals surface area contributed by atoms with Crippen LogP contribution in [0.25, 0.3) is 17.2 Å². The van der Waals surface area contributed by atoms with Crippen LogP contribution < -0.4 is 0 Å². The van der Waals surface area contributed by atoms with Crippen LogP contribution in [0.4, 0.5) is 8.78 Å². The smallest absolute Gasteiger partial charge is 0.224 e.